The lowest BCUT2D eigenvalue weighted by atomic mass is 9.94. The number of carbonyl (C=O) groups is 2. The molecule has 0 saturated carbocycles. The number of ether oxygens (including phenoxy) is 2. The van der Waals surface area contributed by atoms with Gasteiger partial charge in [0.25, 0.3) is 5.91 Å². The number of carbonyl (C=O) groups excluding carboxylic acids is 2. The zero-order valence-corrected chi connectivity index (χ0v) is 16.8. The van der Waals surface area contributed by atoms with Crippen LogP contribution >= 0.6 is 0 Å². The summed E-state index contributed by atoms with van der Waals surface area (Å²) >= 11 is 0. The zero-order valence-electron chi connectivity index (χ0n) is 16.8. The van der Waals surface area contributed by atoms with Crippen molar-refractivity contribution >= 4 is 11.9 Å². The molecule has 0 saturated heterocycles. The zero-order chi connectivity index (χ0) is 20.9. The van der Waals surface area contributed by atoms with Gasteiger partial charge < -0.3 is 14.8 Å². The summed E-state index contributed by atoms with van der Waals surface area (Å²) in [4.78, 5) is 24.9. The summed E-state index contributed by atoms with van der Waals surface area (Å²) in [7, 11) is 1.32. The Morgan fingerprint density at radius 2 is 1.73 bits per heavy atom. The number of nitrogens with one attached hydrogen (secondary N) is 1. The molecule has 0 aromatic heterocycles. The first kappa shape index (κ1) is 19.7. The van der Waals surface area contributed by atoms with Crippen LogP contribution in [0.1, 0.15) is 49.9 Å². The van der Waals surface area contributed by atoms with E-state index in [4.69, 9.17) is 9.47 Å². The molecule has 1 aliphatic rings. The van der Waals surface area contributed by atoms with Crippen LogP contribution in [0.2, 0.25) is 0 Å². The highest BCUT2D eigenvalue weighted by molar-refractivity contribution is 5.98. The molecule has 3 aromatic carbocycles. The van der Waals surface area contributed by atoms with Crippen LogP contribution in [0.4, 0.5) is 0 Å². The summed E-state index contributed by atoms with van der Waals surface area (Å²) in [5, 5.41) is 3.12. The molecular weight excluding hydrogens is 378 g/mol. The van der Waals surface area contributed by atoms with Crippen molar-refractivity contribution in [2.24, 2.45) is 0 Å². The summed E-state index contributed by atoms with van der Waals surface area (Å²) in [6.07, 6.45) is 1.94. The van der Waals surface area contributed by atoms with Crippen molar-refractivity contribution in [1.82, 2.24) is 5.32 Å². The number of benzene rings is 3. The predicted molar refractivity (Wildman–Crippen MR) is 114 cm³/mol. The minimum atomic E-state index is -0.473. The molecule has 0 aliphatic carbocycles. The Kier molecular flexibility index (Phi) is 5.80. The molecule has 1 heterocycles. The van der Waals surface area contributed by atoms with Gasteiger partial charge in [0.1, 0.15) is 5.75 Å². The second-order valence-corrected chi connectivity index (χ2v) is 7.21. The normalized spacial score (nSPS) is 13.5. The van der Waals surface area contributed by atoms with Gasteiger partial charge in [-0.05, 0) is 59.9 Å². The highest BCUT2D eigenvalue weighted by Gasteiger charge is 2.21. The predicted octanol–water partition coefficient (Wildman–Crippen LogP) is 4.32. The van der Waals surface area contributed by atoms with Crippen LogP contribution in [0.5, 0.6) is 5.75 Å². The fraction of sp³-hybridized carbons (Fsp3) is 0.200. The molecule has 5 heteroatoms. The quantitative estimate of drug-likeness (QED) is 0.647. The highest BCUT2D eigenvalue weighted by atomic mass is 16.5. The number of aryl methyl sites for hydroxylation is 1. The van der Waals surface area contributed by atoms with Crippen molar-refractivity contribution in [3.05, 3.63) is 101 Å². The Bertz CT molecular complexity index is 1060. The lowest BCUT2D eigenvalue weighted by Crippen LogP contribution is -2.29. The van der Waals surface area contributed by atoms with E-state index >= 15 is 0 Å². The smallest absolute Gasteiger partial charge is 0.337 e. The van der Waals surface area contributed by atoms with Gasteiger partial charge in [-0.15, -0.1) is 0 Å². The van der Waals surface area contributed by atoms with Crippen LogP contribution in [0.15, 0.2) is 72.8 Å². The minimum absolute atomic E-state index is 0.261. The molecule has 3 aromatic rings. The molecule has 1 unspecified atom stereocenters. The van der Waals surface area contributed by atoms with Crippen LogP contribution in [-0.4, -0.2) is 25.6 Å². The first-order valence-electron chi connectivity index (χ1n) is 9.95. The minimum Gasteiger partial charge on any atom is -0.493 e. The molecule has 0 bridgehead atoms. The van der Waals surface area contributed by atoms with Crippen molar-refractivity contribution in [3.8, 4) is 5.75 Å². The number of rotatable bonds is 5. The molecule has 1 amide bonds. The molecule has 0 spiro atoms. The van der Waals surface area contributed by atoms with Crippen molar-refractivity contribution in [2.45, 2.75) is 18.9 Å². The van der Waals surface area contributed by atoms with Crippen LogP contribution in [0.25, 0.3) is 0 Å². The van der Waals surface area contributed by atoms with E-state index in [1.807, 2.05) is 42.5 Å². The van der Waals surface area contributed by atoms with Gasteiger partial charge in [-0.2, -0.15) is 0 Å². The van der Waals surface area contributed by atoms with Gasteiger partial charge in [0.15, 0.2) is 0 Å². The van der Waals surface area contributed by atoms with E-state index in [1.165, 1.54) is 7.11 Å². The molecule has 1 N–H and O–H groups in total. The van der Waals surface area contributed by atoms with E-state index in [0.717, 1.165) is 41.9 Å². The monoisotopic (exact) mass is 401 g/mol. The maximum atomic E-state index is 13.1. The van der Waals surface area contributed by atoms with Gasteiger partial charge in [-0.3, -0.25) is 4.79 Å². The Morgan fingerprint density at radius 1 is 0.933 bits per heavy atom. The lowest BCUT2D eigenvalue weighted by Gasteiger charge is -2.23. The van der Waals surface area contributed by atoms with Gasteiger partial charge in [-0.1, -0.05) is 42.5 Å². The first-order valence-corrected chi connectivity index (χ1v) is 9.95. The second-order valence-electron chi connectivity index (χ2n) is 7.21. The number of hydrogen-bond donors (Lipinski definition) is 1. The Morgan fingerprint density at radius 3 is 2.53 bits per heavy atom. The average Bonchev–Trinajstić information content (AvgIpc) is 2.82. The molecule has 30 heavy (non-hydrogen) atoms. The van der Waals surface area contributed by atoms with Gasteiger partial charge in [-0.25, -0.2) is 4.79 Å². The van der Waals surface area contributed by atoms with Crippen LogP contribution in [0.3, 0.4) is 0 Å². The standard InChI is InChI=1S/C25H23NO4/c1-29-25(28)21-10-5-9-20(16-21)24(27)26-23(17-7-3-2-4-8-17)19-12-13-22-18(15-19)11-6-14-30-22/h2-5,7-10,12-13,15-16,23H,6,11,14H2,1H3,(H,26,27). The molecule has 0 radical (unpaired) electrons. The molecular formula is C25H23NO4. The van der Waals surface area contributed by atoms with E-state index in [9.17, 15) is 9.59 Å². The second kappa shape index (κ2) is 8.82. The van der Waals surface area contributed by atoms with E-state index in [0.29, 0.717) is 11.1 Å². The molecule has 4 rings (SSSR count). The van der Waals surface area contributed by atoms with Crippen molar-refractivity contribution in [1.29, 1.82) is 0 Å². The summed E-state index contributed by atoms with van der Waals surface area (Å²) < 4.78 is 10.5. The fourth-order valence-electron chi connectivity index (χ4n) is 3.68. The van der Waals surface area contributed by atoms with E-state index in [-0.39, 0.29) is 11.9 Å². The van der Waals surface area contributed by atoms with Gasteiger partial charge in [0.2, 0.25) is 0 Å². The van der Waals surface area contributed by atoms with Crippen molar-refractivity contribution in [2.75, 3.05) is 13.7 Å². The summed E-state index contributed by atoms with van der Waals surface area (Å²) in [6, 6.07) is 22.1. The molecule has 5 nitrogen and oxygen atoms in total. The average molecular weight is 401 g/mol. The van der Waals surface area contributed by atoms with E-state index in [2.05, 4.69) is 11.4 Å². The Labute approximate surface area is 175 Å². The van der Waals surface area contributed by atoms with E-state index < -0.39 is 5.97 Å². The Hall–Kier alpha value is -3.60. The molecule has 1 aliphatic heterocycles. The summed E-state index contributed by atoms with van der Waals surface area (Å²) in [6.45, 7) is 0.738. The number of esters is 1. The largest absolute Gasteiger partial charge is 0.493 e. The van der Waals surface area contributed by atoms with Gasteiger partial charge >= 0.3 is 5.97 Å². The third kappa shape index (κ3) is 4.20. The Balaban J connectivity index is 1.66. The topological polar surface area (TPSA) is 64.6 Å². The number of hydrogen-bond acceptors (Lipinski definition) is 4. The molecule has 1 atom stereocenters. The van der Waals surface area contributed by atoms with Gasteiger partial charge in [0, 0.05) is 5.56 Å². The van der Waals surface area contributed by atoms with Crippen molar-refractivity contribution in [3.63, 3.8) is 0 Å². The number of fused-ring (bicyclic) bond motifs is 1. The number of methoxy groups -OCH3 is 1. The van der Waals surface area contributed by atoms with Gasteiger partial charge in [0.05, 0.1) is 25.3 Å². The maximum Gasteiger partial charge on any atom is 0.337 e. The van der Waals surface area contributed by atoms with Crippen LogP contribution in [-0.2, 0) is 11.2 Å². The third-order valence-corrected chi connectivity index (χ3v) is 5.22. The third-order valence-electron chi connectivity index (χ3n) is 5.22. The molecule has 152 valence electrons. The summed E-state index contributed by atoms with van der Waals surface area (Å²) in [5.74, 6) is 0.177. The van der Waals surface area contributed by atoms with Crippen LogP contribution in [0, 0.1) is 0 Å². The lowest BCUT2D eigenvalue weighted by molar-refractivity contribution is 0.0600. The SMILES string of the molecule is COC(=O)c1cccc(C(=O)NC(c2ccccc2)c2ccc3c(c2)CCCO3)c1. The van der Waals surface area contributed by atoms with Crippen molar-refractivity contribution < 1.29 is 19.1 Å². The maximum absolute atomic E-state index is 13.1. The van der Waals surface area contributed by atoms with Crippen LogP contribution < -0.4 is 10.1 Å². The molecule has 0 fully saturated rings. The fourth-order valence-corrected chi connectivity index (χ4v) is 3.68. The summed E-state index contributed by atoms with van der Waals surface area (Å²) in [5.41, 5.74) is 3.86. The first-order chi connectivity index (χ1) is 14.7. The number of amides is 1. The van der Waals surface area contributed by atoms with E-state index in [1.54, 1.807) is 24.3 Å². The highest BCUT2D eigenvalue weighted by Crippen LogP contribution is 2.30.